The number of aliphatic carboxylic acids is 1. The van der Waals surface area contributed by atoms with E-state index >= 15 is 0 Å². The van der Waals surface area contributed by atoms with Crippen molar-refractivity contribution < 1.29 is 19.4 Å². The van der Waals surface area contributed by atoms with Gasteiger partial charge in [0.05, 0.1) is 18.6 Å². The largest absolute Gasteiger partial charge is 0.493 e. The summed E-state index contributed by atoms with van der Waals surface area (Å²) in [6, 6.07) is 4.03. The number of benzene rings is 1. The monoisotopic (exact) mass is 317 g/mol. The van der Waals surface area contributed by atoms with E-state index in [1.807, 2.05) is 19.9 Å². The Morgan fingerprint density at radius 2 is 1.91 bits per heavy atom. The number of hydrogen-bond acceptors (Lipinski definition) is 3. The molecule has 1 heterocycles. The first kappa shape index (κ1) is 15.8. The maximum Gasteiger partial charge on any atom is 0.306 e. The zero-order chi connectivity index (χ0) is 16.6. The van der Waals surface area contributed by atoms with Gasteiger partial charge in [-0.3, -0.25) is 9.59 Å². The summed E-state index contributed by atoms with van der Waals surface area (Å²) in [5, 5.41) is 12.2. The topological polar surface area (TPSA) is 75.6 Å². The minimum atomic E-state index is -0.789. The third kappa shape index (κ3) is 3.05. The number of carbonyl (C=O) groups excluding carboxylic acids is 1. The molecule has 1 aliphatic heterocycles. The number of nitrogens with one attached hydrogen (secondary N) is 1. The molecular weight excluding hydrogens is 294 g/mol. The van der Waals surface area contributed by atoms with Crippen LogP contribution in [0.1, 0.15) is 48.4 Å². The van der Waals surface area contributed by atoms with Crippen molar-refractivity contribution in [1.82, 2.24) is 5.32 Å². The number of carboxylic acid groups (broad SMARTS) is 1. The third-order valence-corrected chi connectivity index (χ3v) is 5.20. The first-order valence-electron chi connectivity index (χ1n) is 8.23. The summed E-state index contributed by atoms with van der Waals surface area (Å²) in [6.07, 6.45) is 2.45. The lowest BCUT2D eigenvalue weighted by Crippen LogP contribution is -2.36. The molecule has 3 atom stereocenters. The van der Waals surface area contributed by atoms with Crippen molar-refractivity contribution in [2.45, 2.75) is 45.6 Å². The van der Waals surface area contributed by atoms with Crippen molar-refractivity contribution >= 4 is 11.9 Å². The Morgan fingerprint density at radius 1 is 1.17 bits per heavy atom. The zero-order valence-electron chi connectivity index (χ0n) is 13.6. The SMILES string of the molecule is Cc1ccc2c(c1C)OCC[C@@H]2NC(=O)[C@@H]1CC[C@H](C(=O)O)C1. The Kier molecular flexibility index (Phi) is 4.28. The molecule has 0 aromatic heterocycles. The number of ether oxygens (including phenoxy) is 1. The molecule has 0 saturated heterocycles. The maximum atomic E-state index is 12.5. The van der Waals surface area contributed by atoms with Crippen molar-refractivity contribution in [2.75, 3.05) is 6.61 Å². The highest BCUT2D eigenvalue weighted by Gasteiger charge is 2.35. The second-order valence-electron chi connectivity index (χ2n) is 6.67. The molecule has 5 heteroatoms. The summed E-state index contributed by atoms with van der Waals surface area (Å²) in [7, 11) is 0. The smallest absolute Gasteiger partial charge is 0.306 e. The fraction of sp³-hybridized carbons (Fsp3) is 0.556. The molecule has 1 aromatic carbocycles. The Labute approximate surface area is 136 Å². The first-order valence-corrected chi connectivity index (χ1v) is 8.23. The van der Waals surface area contributed by atoms with E-state index in [9.17, 15) is 9.59 Å². The van der Waals surface area contributed by atoms with Crippen LogP contribution in [0.3, 0.4) is 0 Å². The number of amides is 1. The average molecular weight is 317 g/mol. The second kappa shape index (κ2) is 6.22. The van der Waals surface area contributed by atoms with Gasteiger partial charge in [0.1, 0.15) is 5.75 Å². The van der Waals surface area contributed by atoms with E-state index in [4.69, 9.17) is 9.84 Å². The standard InChI is InChI=1S/C18H23NO4/c1-10-3-6-14-15(7-8-23-16(14)11(10)2)19-17(20)12-4-5-13(9-12)18(21)22/h3,6,12-13,15H,4-5,7-9H2,1-2H3,(H,19,20)(H,21,22)/t12-,13+,15+/m1/s1. The van der Waals surface area contributed by atoms with E-state index in [0.29, 0.717) is 25.9 Å². The average Bonchev–Trinajstić information content (AvgIpc) is 3.02. The van der Waals surface area contributed by atoms with Crippen LogP contribution in [0, 0.1) is 25.7 Å². The van der Waals surface area contributed by atoms with E-state index in [-0.39, 0.29) is 23.8 Å². The molecule has 1 amide bonds. The van der Waals surface area contributed by atoms with Crippen LogP contribution >= 0.6 is 0 Å². The number of rotatable bonds is 3. The summed E-state index contributed by atoms with van der Waals surface area (Å²) in [5.74, 6) is -0.490. The van der Waals surface area contributed by atoms with Crippen molar-refractivity contribution in [3.8, 4) is 5.75 Å². The first-order chi connectivity index (χ1) is 11.0. The van der Waals surface area contributed by atoms with E-state index in [0.717, 1.165) is 23.3 Å². The van der Waals surface area contributed by atoms with E-state index in [1.54, 1.807) is 0 Å². The molecular formula is C18H23NO4. The highest BCUT2D eigenvalue weighted by atomic mass is 16.5. The van der Waals surface area contributed by atoms with Gasteiger partial charge in [0, 0.05) is 17.9 Å². The molecule has 124 valence electrons. The molecule has 3 rings (SSSR count). The predicted molar refractivity (Wildman–Crippen MR) is 85.4 cm³/mol. The van der Waals surface area contributed by atoms with E-state index in [1.165, 1.54) is 5.56 Å². The van der Waals surface area contributed by atoms with Gasteiger partial charge in [-0.2, -0.15) is 0 Å². The summed E-state index contributed by atoms with van der Waals surface area (Å²) >= 11 is 0. The van der Waals surface area contributed by atoms with Crippen molar-refractivity contribution in [1.29, 1.82) is 0 Å². The molecule has 5 nitrogen and oxygen atoms in total. The highest BCUT2D eigenvalue weighted by molar-refractivity contribution is 5.81. The van der Waals surface area contributed by atoms with Crippen LogP contribution in [0.2, 0.25) is 0 Å². The van der Waals surface area contributed by atoms with Gasteiger partial charge in [-0.15, -0.1) is 0 Å². The zero-order valence-corrected chi connectivity index (χ0v) is 13.6. The minimum absolute atomic E-state index is 0.0233. The minimum Gasteiger partial charge on any atom is -0.493 e. The van der Waals surface area contributed by atoms with Gasteiger partial charge in [-0.05, 0) is 44.2 Å². The molecule has 0 bridgehead atoms. The molecule has 1 aliphatic carbocycles. The molecule has 1 aromatic rings. The van der Waals surface area contributed by atoms with Gasteiger partial charge < -0.3 is 15.2 Å². The molecule has 0 spiro atoms. The Balaban J connectivity index is 1.72. The maximum absolute atomic E-state index is 12.5. The summed E-state index contributed by atoms with van der Waals surface area (Å²) in [5.41, 5.74) is 3.32. The molecule has 0 unspecified atom stereocenters. The van der Waals surface area contributed by atoms with Crippen LogP contribution in [0.4, 0.5) is 0 Å². The van der Waals surface area contributed by atoms with Crippen molar-refractivity contribution in [3.63, 3.8) is 0 Å². The molecule has 2 N–H and O–H groups in total. The summed E-state index contributed by atoms with van der Waals surface area (Å²) < 4.78 is 5.79. The third-order valence-electron chi connectivity index (χ3n) is 5.20. The summed E-state index contributed by atoms with van der Waals surface area (Å²) in [6.45, 7) is 4.67. The van der Waals surface area contributed by atoms with Gasteiger partial charge in [0.2, 0.25) is 5.91 Å². The number of fused-ring (bicyclic) bond motifs is 1. The van der Waals surface area contributed by atoms with Crippen LogP contribution in [0.15, 0.2) is 12.1 Å². The lowest BCUT2D eigenvalue weighted by molar-refractivity contribution is -0.141. The lowest BCUT2D eigenvalue weighted by atomic mass is 9.94. The molecule has 2 aliphatic rings. The quantitative estimate of drug-likeness (QED) is 0.899. The van der Waals surface area contributed by atoms with Crippen LogP contribution in [0.5, 0.6) is 5.75 Å². The van der Waals surface area contributed by atoms with Gasteiger partial charge in [-0.1, -0.05) is 12.1 Å². The van der Waals surface area contributed by atoms with Gasteiger partial charge >= 0.3 is 5.97 Å². The van der Waals surface area contributed by atoms with Crippen molar-refractivity contribution in [2.24, 2.45) is 11.8 Å². The van der Waals surface area contributed by atoms with Crippen LogP contribution in [0.25, 0.3) is 0 Å². The Morgan fingerprint density at radius 3 is 2.61 bits per heavy atom. The normalized spacial score (nSPS) is 26.3. The van der Waals surface area contributed by atoms with Gasteiger partial charge in [0.15, 0.2) is 0 Å². The predicted octanol–water partition coefficient (Wildman–Crippen LogP) is 2.74. The molecule has 0 radical (unpaired) electrons. The second-order valence-corrected chi connectivity index (χ2v) is 6.67. The van der Waals surface area contributed by atoms with Crippen LogP contribution in [-0.2, 0) is 9.59 Å². The fourth-order valence-electron chi connectivity index (χ4n) is 3.59. The molecule has 1 saturated carbocycles. The highest BCUT2D eigenvalue weighted by Crippen LogP contribution is 2.37. The lowest BCUT2D eigenvalue weighted by Gasteiger charge is -2.29. The molecule has 23 heavy (non-hydrogen) atoms. The van der Waals surface area contributed by atoms with E-state index < -0.39 is 5.97 Å². The van der Waals surface area contributed by atoms with Crippen LogP contribution in [-0.4, -0.2) is 23.6 Å². The van der Waals surface area contributed by atoms with Crippen LogP contribution < -0.4 is 10.1 Å². The van der Waals surface area contributed by atoms with E-state index in [2.05, 4.69) is 11.4 Å². The Bertz CT molecular complexity index is 640. The number of carboxylic acids is 1. The Hall–Kier alpha value is -2.04. The number of carbonyl (C=O) groups is 2. The molecule has 1 fully saturated rings. The number of aryl methyl sites for hydroxylation is 1. The van der Waals surface area contributed by atoms with Gasteiger partial charge in [-0.25, -0.2) is 0 Å². The van der Waals surface area contributed by atoms with Crippen molar-refractivity contribution in [3.05, 3.63) is 28.8 Å². The number of hydrogen-bond donors (Lipinski definition) is 2. The summed E-state index contributed by atoms with van der Waals surface area (Å²) in [4.78, 5) is 23.5. The fourth-order valence-corrected chi connectivity index (χ4v) is 3.59. The van der Waals surface area contributed by atoms with Gasteiger partial charge in [0.25, 0.3) is 0 Å².